The van der Waals surface area contributed by atoms with Crippen LogP contribution < -0.4 is 18.9 Å². The molecule has 2 fully saturated rings. The van der Waals surface area contributed by atoms with Gasteiger partial charge >= 0.3 is 41.8 Å². The lowest BCUT2D eigenvalue weighted by molar-refractivity contribution is -0.0349. The van der Waals surface area contributed by atoms with E-state index in [0.29, 0.717) is 42.1 Å². The van der Waals surface area contributed by atoms with Crippen LogP contribution in [-0.2, 0) is 70.5 Å². The van der Waals surface area contributed by atoms with Crippen molar-refractivity contribution >= 4 is 41.8 Å². The fourth-order valence-electron chi connectivity index (χ4n) is 8.79. The highest BCUT2D eigenvalue weighted by molar-refractivity contribution is 7.42. The Balaban J connectivity index is 0.000000301. The van der Waals surface area contributed by atoms with Gasteiger partial charge in [-0.15, -0.1) is 0 Å². The Morgan fingerprint density at radius 1 is 0.562 bits per heavy atom. The predicted octanol–water partition coefficient (Wildman–Crippen LogP) is 11.6. The van der Waals surface area contributed by atoms with Crippen molar-refractivity contribution in [2.24, 2.45) is 5.92 Å². The molecule has 6 rings (SSSR count). The van der Waals surface area contributed by atoms with Crippen LogP contribution in [0, 0.1) is 5.92 Å². The molecule has 0 aromatic heterocycles. The van der Waals surface area contributed by atoms with Gasteiger partial charge in [-0.2, -0.15) is 0 Å². The highest BCUT2D eigenvalue weighted by Gasteiger charge is 2.49. The van der Waals surface area contributed by atoms with Gasteiger partial charge in [0.25, 0.3) is 0 Å². The van der Waals surface area contributed by atoms with Gasteiger partial charge in [-0.25, -0.2) is 19.2 Å². The number of hydrogen-bond acceptors (Lipinski definition) is 24. The van der Waals surface area contributed by atoms with E-state index in [1.54, 1.807) is 83.8 Å². The molecule has 0 bridgehead atoms. The van der Waals surface area contributed by atoms with Crippen LogP contribution in [0.3, 0.4) is 0 Å². The molecule has 450 valence electrons. The first-order valence-corrected chi connectivity index (χ1v) is 28.4. The molecule has 4 aliphatic rings. The summed E-state index contributed by atoms with van der Waals surface area (Å²) >= 11 is 0. The topological polar surface area (TPSA) is 241 Å². The highest BCUT2D eigenvalue weighted by atomic mass is 31.2. The number of hydrogen-bond donors (Lipinski definition) is 0. The lowest BCUT2D eigenvalue weighted by Gasteiger charge is -2.41. The number of rotatable bonds is 25. The molecule has 3 unspecified atom stereocenters. The van der Waals surface area contributed by atoms with Crippen molar-refractivity contribution < 1.29 is 103 Å². The SMILES string of the molecule is CC(C)OC(=O)OCOP(OCOC(=O)OC(C)C)OC1=CC2C(CC1)CCN2C.COc1ccc([C@@]23CC=C(OP(OCOC(=O)OC(C)C)OCOC(=O)OC(C)C)CC2N(C)CC3)cc1OC.COc1ccccc1OC. The van der Waals surface area contributed by atoms with E-state index in [9.17, 15) is 19.2 Å². The Labute approximate surface area is 472 Å². The number of fused-ring (bicyclic) bond motifs is 2. The number of likely N-dealkylation sites (N-methyl/N-ethyl adjacent to an activating group) is 2. The van der Waals surface area contributed by atoms with Gasteiger partial charge in [0.15, 0.2) is 23.0 Å². The molecular weight excluding hydrogens is 1090 g/mol. The molecule has 24 nitrogen and oxygen atoms in total. The number of allylic oxidation sites excluding steroid dienone is 2. The normalized spacial score (nSPS) is 19.5. The molecule has 26 heteroatoms. The average molecular weight is 1170 g/mol. The zero-order chi connectivity index (χ0) is 58.8. The maximum atomic E-state index is 11.7. The number of carbonyl (C=O) groups excluding carboxylic acids is 4. The fraction of sp³-hybridized carbons (Fsp3) is 0.630. The van der Waals surface area contributed by atoms with E-state index in [2.05, 4.69) is 36.0 Å². The second kappa shape index (κ2) is 34.6. The summed E-state index contributed by atoms with van der Waals surface area (Å²) in [5, 5.41) is 0. The van der Waals surface area contributed by atoms with Crippen LogP contribution in [0.5, 0.6) is 23.0 Å². The van der Waals surface area contributed by atoms with Crippen molar-refractivity contribution in [1.29, 1.82) is 0 Å². The third kappa shape index (κ3) is 22.4. The Bertz CT molecular complexity index is 2210. The van der Waals surface area contributed by atoms with Crippen LogP contribution in [0.2, 0.25) is 0 Å². The molecule has 2 aliphatic carbocycles. The largest absolute Gasteiger partial charge is 0.510 e. The van der Waals surface area contributed by atoms with E-state index in [1.165, 1.54) is 12.0 Å². The molecule has 0 radical (unpaired) electrons. The minimum Gasteiger partial charge on any atom is -0.493 e. The van der Waals surface area contributed by atoms with Crippen molar-refractivity contribution in [1.82, 2.24) is 9.80 Å². The summed E-state index contributed by atoms with van der Waals surface area (Å²) in [5.41, 5.74) is 1.03. The number of ether oxygens (including phenoxy) is 12. The van der Waals surface area contributed by atoms with Crippen molar-refractivity contribution in [3.05, 3.63) is 71.7 Å². The average Bonchev–Trinajstić information content (AvgIpc) is 4.18. The van der Waals surface area contributed by atoms with E-state index >= 15 is 0 Å². The second-order valence-electron chi connectivity index (χ2n) is 19.5. The first-order valence-electron chi connectivity index (χ1n) is 26.2. The molecule has 2 aliphatic heterocycles. The lowest BCUT2D eigenvalue weighted by atomic mass is 9.68. The van der Waals surface area contributed by atoms with Crippen molar-refractivity contribution in [3.63, 3.8) is 0 Å². The minimum absolute atomic E-state index is 0.136. The number of para-hydroxylation sites is 2. The number of carbonyl (C=O) groups is 4. The van der Waals surface area contributed by atoms with Crippen LogP contribution in [0.4, 0.5) is 19.2 Å². The van der Waals surface area contributed by atoms with Crippen molar-refractivity contribution in [2.45, 2.75) is 136 Å². The third-order valence-corrected chi connectivity index (χ3v) is 14.5. The molecular formula is C54H82N2O22P2. The van der Waals surface area contributed by atoms with Gasteiger partial charge in [0.05, 0.1) is 52.9 Å². The predicted molar refractivity (Wildman–Crippen MR) is 292 cm³/mol. The first kappa shape index (κ1) is 66.9. The van der Waals surface area contributed by atoms with E-state index in [0.717, 1.165) is 49.6 Å². The Morgan fingerprint density at radius 3 is 1.44 bits per heavy atom. The quantitative estimate of drug-likeness (QED) is 0.0388. The molecule has 0 N–H and O–H groups in total. The van der Waals surface area contributed by atoms with E-state index in [-0.39, 0.29) is 35.9 Å². The summed E-state index contributed by atoms with van der Waals surface area (Å²) in [6, 6.07) is 14.1. The van der Waals surface area contributed by atoms with Crippen LogP contribution in [0.25, 0.3) is 0 Å². The van der Waals surface area contributed by atoms with Gasteiger partial charge in [-0.3, -0.25) is 23.0 Å². The smallest absolute Gasteiger partial charge is 0.493 e. The van der Waals surface area contributed by atoms with E-state index in [1.807, 2.05) is 42.5 Å². The molecule has 2 saturated heterocycles. The van der Waals surface area contributed by atoms with Crippen molar-refractivity contribution in [3.8, 4) is 23.0 Å². The van der Waals surface area contributed by atoms with Gasteiger partial charge in [0, 0.05) is 30.3 Å². The first-order chi connectivity index (χ1) is 38.2. The monoisotopic (exact) mass is 1170 g/mol. The number of benzene rings is 2. The van der Waals surface area contributed by atoms with Gasteiger partial charge in [-0.05, 0) is 156 Å². The van der Waals surface area contributed by atoms with E-state index in [4.69, 9.17) is 84.0 Å². The number of nitrogens with zero attached hydrogens (tertiary/aromatic N) is 2. The Kier molecular flexibility index (Phi) is 29.0. The Morgan fingerprint density at radius 2 is 1.00 bits per heavy atom. The lowest BCUT2D eigenvalue weighted by Crippen LogP contribution is -2.43. The van der Waals surface area contributed by atoms with Crippen molar-refractivity contribution in [2.75, 3.05) is 82.8 Å². The summed E-state index contributed by atoms with van der Waals surface area (Å²) in [5.74, 6) is 4.93. The minimum atomic E-state index is -2.09. The Hall–Kier alpha value is -5.58. The molecule has 4 atom stereocenters. The van der Waals surface area contributed by atoms with Gasteiger partial charge in [0.2, 0.25) is 27.2 Å². The summed E-state index contributed by atoms with van der Waals surface area (Å²) in [4.78, 5) is 51.0. The summed E-state index contributed by atoms with van der Waals surface area (Å²) in [6.45, 7) is 13.8. The zero-order valence-electron chi connectivity index (χ0n) is 48.5. The molecule has 0 saturated carbocycles. The van der Waals surface area contributed by atoms with Gasteiger partial charge in [0.1, 0.15) is 11.5 Å². The summed E-state index contributed by atoms with van der Waals surface area (Å²) in [6.07, 6.45) is 4.51. The van der Waals surface area contributed by atoms with Crippen LogP contribution in [0.1, 0.15) is 99.5 Å². The summed E-state index contributed by atoms with van der Waals surface area (Å²) < 4.78 is 94.1. The second-order valence-corrected chi connectivity index (χ2v) is 21.8. The van der Waals surface area contributed by atoms with E-state index < -0.39 is 69.0 Å². The van der Waals surface area contributed by atoms with Crippen LogP contribution in [0.15, 0.2) is 66.1 Å². The molecule has 0 amide bonds. The number of likely N-dealkylation sites (tertiary alicyclic amines) is 2. The zero-order valence-corrected chi connectivity index (χ0v) is 50.3. The standard InChI is InChI=1S/C27H40NO11P.C19H32NO9P.C8H10O2/c1-18(2)37-25(29)33-16-35-40(36-17-34-26(30)38-19(3)4)39-21-10-11-27(12-13-28(5)24(27)15-21)20-8-9-22(31-6)23(14-20)32-7;1-13(2)27-18(21)23-11-25-30(26-12-24-19(22)28-14(3)4)29-16-7-6-15-8-9-20(5)17(15)10-16;1-9-7-5-3-4-6-8(7)10-2/h8-10,14,18-19,24H,11-13,15-17H2,1-7H3;10,13-15,17H,6-9,11-12H2,1-5H3;3-6H,1-2H3/t24?,27-;;/m0../s1. The van der Waals surface area contributed by atoms with Crippen LogP contribution in [-0.4, -0.2) is 154 Å². The third-order valence-electron chi connectivity index (χ3n) is 12.4. The highest BCUT2D eigenvalue weighted by Crippen LogP contribution is 2.52. The summed E-state index contributed by atoms with van der Waals surface area (Å²) in [7, 11) is 6.61. The van der Waals surface area contributed by atoms with Crippen LogP contribution >= 0.6 is 17.2 Å². The fourth-order valence-corrected chi connectivity index (χ4v) is 10.4. The maximum Gasteiger partial charge on any atom is 0.510 e. The van der Waals surface area contributed by atoms with Gasteiger partial charge in [-0.1, -0.05) is 18.2 Å². The molecule has 2 aromatic rings. The maximum absolute atomic E-state index is 11.7. The number of methoxy groups -OCH3 is 4. The van der Waals surface area contributed by atoms with Gasteiger partial charge < -0.3 is 70.8 Å². The molecule has 2 aromatic carbocycles. The molecule has 0 spiro atoms. The molecule has 80 heavy (non-hydrogen) atoms. The molecule has 2 heterocycles.